The standard InChI is InChI=1S/C18H21F4NO3/c1-11(2)10-26-17(25)12-3-5-23(6-4-12)16(24)13-7-14(18(20,21)22)9-15(19)8-13/h7-9,11-12H,3-6,10H2,1-2H3. The molecule has 2 rings (SSSR count). The zero-order valence-corrected chi connectivity index (χ0v) is 14.6. The van der Waals surface area contributed by atoms with E-state index in [9.17, 15) is 27.2 Å². The first-order chi connectivity index (χ1) is 12.1. The number of hydrogen-bond acceptors (Lipinski definition) is 3. The fourth-order valence-corrected chi connectivity index (χ4v) is 2.74. The first-order valence-electron chi connectivity index (χ1n) is 8.41. The van der Waals surface area contributed by atoms with Gasteiger partial charge in [0.25, 0.3) is 5.91 Å². The third-order valence-electron chi connectivity index (χ3n) is 4.15. The van der Waals surface area contributed by atoms with Crippen molar-refractivity contribution in [3.63, 3.8) is 0 Å². The SMILES string of the molecule is CC(C)COC(=O)C1CCN(C(=O)c2cc(F)cc(C(F)(F)F)c2)CC1. The number of ether oxygens (including phenoxy) is 1. The molecular formula is C18H21F4NO3. The lowest BCUT2D eigenvalue weighted by Crippen LogP contribution is -2.40. The maximum Gasteiger partial charge on any atom is 0.416 e. The Hall–Kier alpha value is -2.12. The molecule has 0 radical (unpaired) electrons. The predicted octanol–water partition coefficient (Wildman–Crippen LogP) is 3.90. The van der Waals surface area contributed by atoms with Crippen molar-refractivity contribution in [3.8, 4) is 0 Å². The van der Waals surface area contributed by atoms with Crippen molar-refractivity contribution >= 4 is 11.9 Å². The second kappa shape index (κ2) is 8.05. The van der Waals surface area contributed by atoms with Gasteiger partial charge in [-0.25, -0.2) is 4.39 Å². The largest absolute Gasteiger partial charge is 0.465 e. The summed E-state index contributed by atoms with van der Waals surface area (Å²) in [4.78, 5) is 25.7. The quantitative estimate of drug-likeness (QED) is 0.592. The van der Waals surface area contributed by atoms with Gasteiger partial charge in [0.1, 0.15) is 5.82 Å². The molecule has 0 aliphatic carbocycles. The highest BCUT2D eigenvalue weighted by Crippen LogP contribution is 2.31. The van der Waals surface area contributed by atoms with Crippen molar-refractivity contribution in [2.24, 2.45) is 11.8 Å². The van der Waals surface area contributed by atoms with Gasteiger partial charge < -0.3 is 9.64 Å². The van der Waals surface area contributed by atoms with Crippen LogP contribution in [-0.4, -0.2) is 36.5 Å². The number of esters is 1. The zero-order chi connectivity index (χ0) is 19.5. The van der Waals surface area contributed by atoms with E-state index in [0.717, 1.165) is 6.07 Å². The first-order valence-corrected chi connectivity index (χ1v) is 8.41. The highest BCUT2D eigenvalue weighted by atomic mass is 19.4. The summed E-state index contributed by atoms with van der Waals surface area (Å²) in [5.41, 5.74) is -1.55. The second-order valence-corrected chi connectivity index (χ2v) is 6.82. The van der Waals surface area contributed by atoms with Gasteiger partial charge in [-0.2, -0.15) is 13.2 Å². The Bertz CT molecular complexity index is 665. The predicted molar refractivity (Wildman–Crippen MR) is 85.8 cm³/mol. The molecule has 144 valence electrons. The maximum atomic E-state index is 13.5. The van der Waals surface area contributed by atoms with Crippen LogP contribution in [0.25, 0.3) is 0 Å². The molecule has 0 atom stereocenters. The Morgan fingerprint density at radius 1 is 1.19 bits per heavy atom. The van der Waals surface area contributed by atoms with Gasteiger partial charge in [0.05, 0.1) is 18.1 Å². The van der Waals surface area contributed by atoms with Crippen molar-refractivity contribution in [2.75, 3.05) is 19.7 Å². The molecule has 1 aromatic rings. The van der Waals surface area contributed by atoms with Gasteiger partial charge in [0.15, 0.2) is 0 Å². The number of halogens is 4. The van der Waals surface area contributed by atoms with Crippen LogP contribution in [-0.2, 0) is 15.7 Å². The third-order valence-corrected chi connectivity index (χ3v) is 4.15. The Morgan fingerprint density at radius 2 is 1.81 bits per heavy atom. The summed E-state index contributed by atoms with van der Waals surface area (Å²) in [6.07, 6.45) is -4.00. The number of rotatable bonds is 4. The van der Waals surface area contributed by atoms with Gasteiger partial charge >= 0.3 is 12.1 Å². The fourth-order valence-electron chi connectivity index (χ4n) is 2.74. The van der Waals surface area contributed by atoms with Crippen LogP contribution in [0, 0.1) is 17.7 Å². The molecule has 1 aliphatic rings. The molecular weight excluding hydrogens is 354 g/mol. The zero-order valence-electron chi connectivity index (χ0n) is 14.6. The van der Waals surface area contributed by atoms with Crippen LogP contribution < -0.4 is 0 Å². The average Bonchev–Trinajstić information content (AvgIpc) is 2.57. The number of carbonyl (C=O) groups is 2. The van der Waals surface area contributed by atoms with Gasteiger partial charge in [-0.3, -0.25) is 9.59 Å². The molecule has 26 heavy (non-hydrogen) atoms. The Balaban J connectivity index is 2.00. The van der Waals surface area contributed by atoms with Crippen molar-refractivity contribution in [1.29, 1.82) is 0 Å². The van der Waals surface area contributed by atoms with E-state index in [-0.39, 0.29) is 36.5 Å². The van der Waals surface area contributed by atoms with E-state index in [1.165, 1.54) is 4.90 Å². The van der Waals surface area contributed by atoms with E-state index < -0.39 is 23.5 Å². The minimum absolute atomic E-state index is 0.206. The monoisotopic (exact) mass is 375 g/mol. The summed E-state index contributed by atoms with van der Waals surface area (Å²) >= 11 is 0. The molecule has 0 saturated carbocycles. The van der Waals surface area contributed by atoms with Gasteiger partial charge in [0, 0.05) is 18.7 Å². The smallest absolute Gasteiger partial charge is 0.416 e. The molecule has 8 heteroatoms. The van der Waals surface area contributed by atoms with Crippen molar-refractivity contribution < 1.29 is 31.9 Å². The highest BCUT2D eigenvalue weighted by Gasteiger charge is 2.33. The highest BCUT2D eigenvalue weighted by molar-refractivity contribution is 5.94. The molecule has 1 aliphatic heterocycles. The normalized spacial score (nSPS) is 16.0. The number of alkyl halides is 3. The van der Waals surface area contributed by atoms with E-state index in [4.69, 9.17) is 4.74 Å². The summed E-state index contributed by atoms with van der Waals surface area (Å²) < 4.78 is 57.0. The molecule has 1 amide bonds. The molecule has 0 aromatic heterocycles. The molecule has 0 unspecified atom stereocenters. The molecule has 0 N–H and O–H groups in total. The lowest BCUT2D eigenvalue weighted by molar-refractivity contribution is -0.151. The second-order valence-electron chi connectivity index (χ2n) is 6.82. The van der Waals surface area contributed by atoms with Crippen LogP contribution in [0.15, 0.2) is 18.2 Å². The molecule has 1 heterocycles. The van der Waals surface area contributed by atoms with Crippen molar-refractivity contribution in [2.45, 2.75) is 32.9 Å². The summed E-state index contributed by atoms with van der Waals surface area (Å²) in [7, 11) is 0. The van der Waals surface area contributed by atoms with Crippen LogP contribution in [0.5, 0.6) is 0 Å². The van der Waals surface area contributed by atoms with Gasteiger partial charge in [0.2, 0.25) is 0 Å². The topological polar surface area (TPSA) is 46.6 Å². The van der Waals surface area contributed by atoms with Crippen LogP contribution >= 0.6 is 0 Å². The number of benzene rings is 1. The number of piperidine rings is 1. The Kier molecular flexibility index (Phi) is 6.26. The van der Waals surface area contributed by atoms with E-state index >= 15 is 0 Å². The Morgan fingerprint density at radius 3 is 2.35 bits per heavy atom. The molecule has 0 spiro atoms. The number of nitrogens with zero attached hydrogens (tertiary/aromatic N) is 1. The summed E-state index contributed by atoms with van der Waals surface area (Å²) in [6.45, 7) is 4.57. The number of hydrogen-bond donors (Lipinski definition) is 0. The average molecular weight is 375 g/mol. The van der Waals surface area contributed by atoms with E-state index in [0.29, 0.717) is 31.6 Å². The summed E-state index contributed by atoms with van der Waals surface area (Å²) in [5.74, 6) is -2.23. The number of carbonyl (C=O) groups excluding carboxylic acids is 2. The molecule has 1 aromatic carbocycles. The number of likely N-dealkylation sites (tertiary alicyclic amines) is 1. The molecule has 0 bridgehead atoms. The van der Waals surface area contributed by atoms with E-state index in [1.807, 2.05) is 13.8 Å². The van der Waals surface area contributed by atoms with Crippen LogP contribution in [0.3, 0.4) is 0 Å². The van der Waals surface area contributed by atoms with Gasteiger partial charge in [-0.1, -0.05) is 13.8 Å². The van der Waals surface area contributed by atoms with Crippen LogP contribution in [0.1, 0.15) is 42.6 Å². The lowest BCUT2D eigenvalue weighted by Gasteiger charge is -2.31. The fraction of sp³-hybridized carbons (Fsp3) is 0.556. The van der Waals surface area contributed by atoms with Gasteiger partial charge in [-0.05, 0) is 37.0 Å². The summed E-state index contributed by atoms with van der Waals surface area (Å²) in [6, 6.07) is 1.79. The minimum atomic E-state index is -4.73. The summed E-state index contributed by atoms with van der Waals surface area (Å²) in [5, 5.41) is 0. The van der Waals surface area contributed by atoms with Crippen molar-refractivity contribution in [3.05, 3.63) is 35.1 Å². The van der Waals surface area contributed by atoms with Crippen molar-refractivity contribution in [1.82, 2.24) is 4.90 Å². The van der Waals surface area contributed by atoms with Gasteiger partial charge in [-0.15, -0.1) is 0 Å². The maximum absolute atomic E-state index is 13.5. The molecule has 4 nitrogen and oxygen atoms in total. The van der Waals surface area contributed by atoms with Crippen LogP contribution in [0.2, 0.25) is 0 Å². The lowest BCUT2D eigenvalue weighted by atomic mass is 9.96. The molecule has 1 saturated heterocycles. The Labute approximate surface area is 149 Å². The van der Waals surface area contributed by atoms with E-state index in [1.54, 1.807) is 0 Å². The molecule has 1 fully saturated rings. The third kappa shape index (κ3) is 5.19. The minimum Gasteiger partial charge on any atom is -0.465 e. The first kappa shape index (κ1) is 20.2. The van der Waals surface area contributed by atoms with E-state index in [2.05, 4.69) is 0 Å². The number of amides is 1. The van der Waals surface area contributed by atoms with Crippen LogP contribution in [0.4, 0.5) is 17.6 Å².